The van der Waals surface area contributed by atoms with Gasteiger partial charge in [0.1, 0.15) is 0 Å². The average molecular weight is 248 g/mol. The summed E-state index contributed by atoms with van der Waals surface area (Å²) < 4.78 is 25.9. The molecule has 5 heteroatoms. The first-order chi connectivity index (χ1) is 7.39. The van der Waals surface area contributed by atoms with Crippen molar-refractivity contribution in [1.82, 2.24) is 9.62 Å². The number of nitrogens with one attached hydrogen (secondary N) is 1. The maximum atomic E-state index is 11.6. The Labute approximate surface area is 99.5 Å². The quantitative estimate of drug-likeness (QED) is 0.791. The minimum atomic E-state index is -3.06. The Kier molecular flexibility index (Phi) is 5.21. The number of likely N-dealkylation sites (tertiary alicyclic amines) is 1. The van der Waals surface area contributed by atoms with E-state index in [-0.39, 0.29) is 11.8 Å². The number of sulfonamides is 1. The highest BCUT2D eigenvalue weighted by Gasteiger charge is 2.20. The van der Waals surface area contributed by atoms with Crippen molar-refractivity contribution >= 4 is 10.0 Å². The van der Waals surface area contributed by atoms with Gasteiger partial charge in [-0.15, -0.1) is 0 Å². The van der Waals surface area contributed by atoms with E-state index in [2.05, 4.69) is 16.7 Å². The SMILES string of the molecule is CC(C)NS(=O)(=O)CCC1CCN(C)CC1. The zero-order chi connectivity index (χ0) is 12.2. The third-order valence-electron chi connectivity index (χ3n) is 3.05. The van der Waals surface area contributed by atoms with Crippen LogP contribution < -0.4 is 4.72 Å². The molecule has 0 aromatic carbocycles. The molecule has 1 rings (SSSR count). The Morgan fingerprint density at radius 2 is 1.88 bits per heavy atom. The Bertz CT molecular complexity index is 293. The molecule has 0 aliphatic carbocycles. The molecule has 4 nitrogen and oxygen atoms in total. The van der Waals surface area contributed by atoms with E-state index in [4.69, 9.17) is 0 Å². The molecule has 0 saturated carbocycles. The molecule has 0 aromatic heterocycles. The van der Waals surface area contributed by atoms with E-state index in [1.807, 2.05) is 13.8 Å². The smallest absolute Gasteiger partial charge is 0.211 e. The molecule has 0 unspecified atom stereocenters. The first-order valence-electron chi connectivity index (χ1n) is 6.07. The van der Waals surface area contributed by atoms with E-state index in [9.17, 15) is 8.42 Å². The van der Waals surface area contributed by atoms with Crippen LogP contribution in [0.2, 0.25) is 0 Å². The summed E-state index contributed by atoms with van der Waals surface area (Å²) in [4.78, 5) is 2.30. The molecule has 0 radical (unpaired) electrons. The Hall–Kier alpha value is -0.130. The van der Waals surface area contributed by atoms with Crippen LogP contribution >= 0.6 is 0 Å². The molecule has 16 heavy (non-hydrogen) atoms. The normalized spacial score (nSPS) is 20.5. The summed E-state index contributed by atoms with van der Waals surface area (Å²) in [6.07, 6.45) is 3.07. The highest BCUT2D eigenvalue weighted by atomic mass is 32.2. The van der Waals surface area contributed by atoms with Gasteiger partial charge in [-0.25, -0.2) is 13.1 Å². The van der Waals surface area contributed by atoms with Crippen LogP contribution in [0.4, 0.5) is 0 Å². The lowest BCUT2D eigenvalue weighted by atomic mass is 9.95. The minimum absolute atomic E-state index is 0.00230. The van der Waals surface area contributed by atoms with Crippen molar-refractivity contribution in [2.75, 3.05) is 25.9 Å². The van der Waals surface area contributed by atoms with Gasteiger partial charge in [-0.05, 0) is 59.2 Å². The van der Waals surface area contributed by atoms with Crippen molar-refractivity contribution < 1.29 is 8.42 Å². The van der Waals surface area contributed by atoms with Crippen LogP contribution in [-0.2, 0) is 10.0 Å². The lowest BCUT2D eigenvalue weighted by molar-refractivity contribution is 0.216. The highest BCUT2D eigenvalue weighted by Crippen LogP contribution is 2.19. The van der Waals surface area contributed by atoms with Crippen LogP contribution in [0.3, 0.4) is 0 Å². The maximum Gasteiger partial charge on any atom is 0.211 e. The first-order valence-corrected chi connectivity index (χ1v) is 7.73. The fourth-order valence-corrected chi connectivity index (χ4v) is 3.57. The summed E-state index contributed by atoms with van der Waals surface area (Å²) >= 11 is 0. The molecule has 1 saturated heterocycles. The summed E-state index contributed by atoms with van der Waals surface area (Å²) in [5.74, 6) is 0.861. The van der Waals surface area contributed by atoms with Gasteiger partial charge in [0.15, 0.2) is 0 Å². The summed E-state index contributed by atoms with van der Waals surface area (Å²) in [7, 11) is -0.939. The van der Waals surface area contributed by atoms with Crippen molar-refractivity contribution in [3.8, 4) is 0 Å². The number of piperidine rings is 1. The largest absolute Gasteiger partial charge is 0.306 e. The lowest BCUT2D eigenvalue weighted by Crippen LogP contribution is -2.35. The number of nitrogens with zero attached hydrogens (tertiary/aromatic N) is 1. The van der Waals surface area contributed by atoms with Crippen molar-refractivity contribution in [1.29, 1.82) is 0 Å². The molecule has 1 N–H and O–H groups in total. The van der Waals surface area contributed by atoms with Crippen molar-refractivity contribution in [3.05, 3.63) is 0 Å². The topological polar surface area (TPSA) is 49.4 Å². The summed E-state index contributed by atoms with van der Waals surface area (Å²) in [6, 6.07) is 0.00230. The predicted molar refractivity (Wildman–Crippen MR) is 66.9 cm³/mol. The molecule has 1 heterocycles. The average Bonchev–Trinajstić information content (AvgIpc) is 2.15. The van der Waals surface area contributed by atoms with E-state index in [0.717, 1.165) is 32.4 Å². The first kappa shape index (κ1) is 13.9. The molecule has 0 amide bonds. The van der Waals surface area contributed by atoms with Gasteiger partial charge in [0.05, 0.1) is 5.75 Å². The number of rotatable bonds is 5. The molecular formula is C11H24N2O2S. The van der Waals surface area contributed by atoms with Gasteiger partial charge in [0.2, 0.25) is 10.0 Å². The number of hydrogen-bond donors (Lipinski definition) is 1. The second-order valence-electron chi connectivity index (χ2n) is 5.13. The van der Waals surface area contributed by atoms with E-state index >= 15 is 0 Å². The Morgan fingerprint density at radius 1 is 1.31 bits per heavy atom. The molecule has 0 aromatic rings. The fraction of sp³-hybridized carbons (Fsp3) is 1.00. The molecule has 0 spiro atoms. The van der Waals surface area contributed by atoms with Crippen molar-refractivity contribution in [2.45, 2.75) is 39.2 Å². The van der Waals surface area contributed by atoms with Crippen LogP contribution in [0.5, 0.6) is 0 Å². The van der Waals surface area contributed by atoms with Crippen molar-refractivity contribution in [2.24, 2.45) is 5.92 Å². The Morgan fingerprint density at radius 3 is 2.38 bits per heavy atom. The van der Waals surface area contributed by atoms with E-state index in [0.29, 0.717) is 5.92 Å². The fourth-order valence-electron chi connectivity index (χ4n) is 2.09. The third kappa shape index (κ3) is 5.27. The van der Waals surface area contributed by atoms with Gasteiger partial charge >= 0.3 is 0 Å². The molecule has 0 bridgehead atoms. The van der Waals surface area contributed by atoms with Gasteiger partial charge in [-0.2, -0.15) is 0 Å². The van der Waals surface area contributed by atoms with Gasteiger partial charge in [0.25, 0.3) is 0 Å². The predicted octanol–water partition coefficient (Wildman–Crippen LogP) is 1.05. The second-order valence-corrected chi connectivity index (χ2v) is 7.00. The van der Waals surface area contributed by atoms with E-state index in [1.165, 1.54) is 0 Å². The molecule has 96 valence electrons. The third-order valence-corrected chi connectivity index (χ3v) is 4.65. The zero-order valence-corrected chi connectivity index (χ0v) is 11.4. The summed E-state index contributed by atoms with van der Waals surface area (Å²) in [6.45, 7) is 5.91. The second kappa shape index (κ2) is 5.98. The molecule has 1 aliphatic heterocycles. The van der Waals surface area contributed by atoms with Gasteiger partial charge in [-0.1, -0.05) is 0 Å². The Balaban J connectivity index is 2.29. The summed E-state index contributed by atoms with van der Waals surface area (Å²) in [5, 5.41) is 0. The molecule has 1 fully saturated rings. The molecule has 1 aliphatic rings. The monoisotopic (exact) mass is 248 g/mol. The van der Waals surface area contributed by atoms with E-state index in [1.54, 1.807) is 0 Å². The van der Waals surface area contributed by atoms with Crippen molar-refractivity contribution in [3.63, 3.8) is 0 Å². The van der Waals surface area contributed by atoms with Crippen LogP contribution in [0.1, 0.15) is 33.1 Å². The lowest BCUT2D eigenvalue weighted by Gasteiger charge is -2.28. The molecule has 0 atom stereocenters. The minimum Gasteiger partial charge on any atom is -0.306 e. The van der Waals surface area contributed by atoms with Gasteiger partial charge in [-0.3, -0.25) is 0 Å². The molecular weight excluding hydrogens is 224 g/mol. The zero-order valence-electron chi connectivity index (χ0n) is 10.6. The van der Waals surface area contributed by atoms with Crippen LogP contribution in [0.25, 0.3) is 0 Å². The maximum absolute atomic E-state index is 11.6. The van der Waals surface area contributed by atoms with Crippen LogP contribution in [-0.4, -0.2) is 45.2 Å². The summed E-state index contributed by atoms with van der Waals surface area (Å²) in [5.41, 5.74) is 0. The highest BCUT2D eigenvalue weighted by molar-refractivity contribution is 7.89. The standard InChI is InChI=1S/C11H24N2O2S/c1-10(2)12-16(14,15)9-6-11-4-7-13(3)8-5-11/h10-12H,4-9H2,1-3H3. The van der Waals surface area contributed by atoms with Gasteiger partial charge < -0.3 is 4.90 Å². The number of hydrogen-bond acceptors (Lipinski definition) is 3. The van der Waals surface area contributed by atoms with E-state index < -0.39 is 10.0 Å². The van der Waals surface area contributed by atoms with Gasteiger partial charge in [0, 0.05) is 6.04 Å². The van der Waals surface area contributed by atoms with Crippen LogP contribution in [0, 0.1) is 5.92 Å². The van der Waals surface area contributed by atoms with Crippen LogP contribution in [0.15, 0.2) is 0 Å².